The van der Waals surface area contributed by atoms with Gasteiger partial charge in [-0.15, -0.1) is 0 Å². The maximum absolute atomic E-state index is 13.7. The normalized spacial score (nSPS) is 15.3. The summed E-state index contributed by atoms with van der Waals surface area (Å²) in [6.07, 6.45) is 1.59. The molecule has 1 aromatic carbocycles. The lowest BCUT2D eigenvalue weighted by Gasteiger charge is -2.40. The molecular weight excluding hydrogens is 456 g/mol. The number of hydrogen-bond donors (Lipinski definition) is 4. The van der Waals surface area contributed by atoms with E-state index in [9.17, 15) is 19.5 Å². The summed E-state index contributed by atoms with van der Waals surface area (Å²) in [5.41, 5.74) is 6.75. The Morgan fingerprint density at radius 3 is 2.14 bits per heavy atom. The van der Waals surface area contributed by atoms with E-state index in [1.807, 2.05) is 72.7 Å². The second kappa shape index (κ2) is 12.5. The highest BCUT2D eigenvalue weighted by Gasteiger charge is 2.41. The predicted molar refractivity (Wildman–Crippen MR) is 144 cm³/mol. The maximum atomic E-state index is 13.7. The van der Waals surface area contributed by atoms with Crippen LogP contribution in [0.15, 0.2) is 35.9 Å². The fraction of sp³-hybridized carbons (Fsp3) is 0.607. The molecule has 1 rings (SSSR count). The summed E-state index contributed by atoms with van der Waals surface area (Å²) in [7, 11) is 3.38. The molecule has 0 radical (unpaired) electrons. The summed E-state index contributed by atoms with van der Waals surface area (Å²) in [6, 6.07) is 5.97. The molecule has 202 valence electrons. The molecule has 0 aliphatic heterocycles. The van der Waals surface area contributed by atoms with Crippen molar-refractivity contribution in [3.63, 3.8) is 0 Å². The van der Waals surface area contributed by atoms with Gasteiger partial charge in [0.2, 0.25) is 11.8 Å². The number of amides is 2. The second-order valence-corrected chi connectivity index (χ2v) is 11.5. The summed E-state index contributed by atoms with van der Waals surface area (Å²) in [5.74, 6) is -1.62. The summed E-state index contributed by atoms with van der Waals surface area (Å²) in [5, 5.41) is 15.5. The Kier molecular flexibility index (Phi) is 10.9. The number of hydrogen-bond acceptors (Lipinski definition) is 5. The van der Waals surface area contributed by atoms with Crippen molar-refractivity contribution >= 4 is 17.8 Å². The Morgan fingerprint density at radius 2 is 1.69 bits per heavy atom. The number of carbonyl (C=O) groups excluding carboxylic acids is 2. The van der Waals surface area contributed by atoms with Gasteiger partial charge in [-0.1, -0.05) is 78.8 Å². The van der Waals surface area contributed by atoms with Crippen molar-refractivity contribution in [1.29, 1.82) is 0 Å². The summed E-state index contributed by atoms with van der Waals surface area (Å²) >= 11 is 0. The minimum Gasteiger partial charge on any atom is -0.478 e. The van der Waals surface area contributed by atoms with Gasteiger partial charge >= 0.3 is 5.97 Å². The van der Waals surface area contributed by atoms with Gasteiger partial charge in [-0.3, -0.25) is 9.59 Å². The molecule has 36 heavy (non-hydrogen) atoms. The molecule has 0 saturated heterocycles. The van der Waals surface area contributed by atoms with Gasteiger partial charge in [0, 0.05) is 24.6 Å². The van der Waals surface area contributed by atoms with Crippen LogP contribution in [0.3, 0.4) is 0 Å². The van der Waals surface area contributed by atoms with Crippen molar-refractivity contribution in [3.8, 4) is 0 Å². The van der Waals surface area contributed by atoms with Crippen LogP contribution in [0.5, 0.6) is 0 Å². The fourth-order valence-corrected chi connectivity index (χ4v) is 4.39. The van der Waals surface area contributed by atoms with Crippen molar-refractivity contribution in [2.45, 2.75) is 85.5 Å². The van der Waals surface area contributed by atoms with Gasteiger partial charge in [-0.25, -0.2) is 4.79 Å². The fourth-order valence-electron chi connectivity index (χ4n) is 4.39. The molecular formula is C28H46N4O4. The number of carboxylic acids is 1. The number of aliphatic carboxylic acids is 1. The molecule has 8 heteroatoms. The van der Waals surface area contributed by atoms with Gasteiger partial charge in [-0.2, -0.15) is 0 Å². The van der Waals surface area contributed by atoms with E-state index in [-0.39, 0.29) is 23.3 Å². The Hall–Kier alpha value is -2.71. The molecule has 0 bridgehead atoms. The molecule has 5 N–H and O–H groups in total. The van der Waals surface area contributed by atoms with Gasteiger partial charge in [0.05, 0.1) is 12.1 Å². The molecule has 8 nitrogen and oxygen atoms in total. The van der Waals surface area contributed by atoms with Crippen molar-refractivity contribution in [3.05, 3.63) is 47.0 Å². The SMILES string of the molecule is CN[C@@H](C(=O)N[C@H](C(=O)N(C)[C@H](/C=C(\C)C(=O)O)C(C)C)C(C)(C)C)C(C)(C)c1cccc(CN)c1. The predicted octanol–water partition coefficient (Wildman–Crippen LogP) is 3.06. The highest BCUT2D eigenvalue weighted by atomic mass is 16.4. The van der Waals surface area contributed by atoms with Crippen LogP contribution in [0.4, 0.5) is 0 Å². The number of likely N-dealkylation sites (N-methyl/N-ethyl adjacent to an activating group) is 2. The number of carboxylic acid groups (broad SMARTS) is 1. The lowest BCUT2D eigenvalue weighted by atomic mass is 9.76. The van der Waals surface area contributed by atoms with Crippen LogP contribution in [0.25, 0.3) is 0 Å². The van der Waals surface area contributed by atoms with Crippen molar-refractivity contribution in [2.24, 2.45) is 17.1 Å². The quantitative estimate of drug-likeness (QED) is 0.345. The van der Waals surface area contributed by atoms with E-state index in [0.29, 0.717) is 6.54 Å². The van der Waals surface area contributed by atoms with Gasteiger partial charge in [0.15, 0.2) is 0 Å². The highest BCUT2D eigenvalue weighted by Crippen LogP contribution is 2.29. The molecule has 1 aromatic rings. The lowest BCUT2D eigenvalue weighted by molar-refractivity contribution is -0.141. The molecule has 0 aliphatic carbocycles. The standard InChI is InChI=1S/C28H46N4O4/c1-17(2)21(14-18(3)26(35)36)32(10)25(34)23(27(4,5)6)31-24(33)22(30-9)28(7,8)20-13-11-12-19(15-20)16-29/h11-15,17,21-23,30H,16,29H2,1-10H3,(H,31,33)(H,35,36)/b18-14+/t21-,22+,23-/m1/s1. The first-order valence-electron chi connectivity index (χ1n) is 12.4. The molecule has 0 saturated carbocycles. The Bertz CT molecular complexity index is 963. The van der Waals surface area contributed by atoms with E-state index >= 15 is 0 Å². The lowest BCUT2D eigenvalue weighted by Crippen LogP contribution is -2.61. The van der Waals surface area contributed by atoms with E-state index in [1.165, 1.54) is 11.8 Å². The van der Waals surface area contributed by atoms with Crippen LogP contribution in [0.2, 0.25) is 0 Å². The van der Waals surface area contributed by atoms with Gasteiger partial charge in [-0.05, 0) is 36.4 Å². The molecule has 0 aliphatic rings. The van der Waals surface area contributed by atoms with Crippen LogP contribution >= 0.6 is 0 Å². The smallest absolute Gasteiger partial charge is 0.331 e. The van der Waals surface area contributed by atoms with Gasteiger partial charge in [0.1, 0.15) is 6.04 Å². The molecule has 0 unspecified atom stereocenters. The van der Waals surface area contributed by atoms with Crippen LogP contribution < -0.4 is 16.4 Å². The van der Waals surface area contributed by atoms with E-state index < -0.39 is 34.9 Å². The van der Waals surface area contributed by atoms with Gasteiger partial charge < -0.3 is 26.4 Å². The van der Waals surface area contributed by atoms with Crippen molar-refractivity contribution < 1.29 is 19.5 Å². The number of nitrogens with one attached hydrogen (secondary N) is 2. The zero-order valence-corrected chi connectivity index (χ0v) is 23.6. The summed E-state index contributed by atoms with van der Waals surface area (Å²) in [6.45, 7) is 15.4. The Morgan fingerprint density at radius 1 is 1.11 bits per heavy atom. The number of carbonyl (C=O) groups is 3. The monoisotopic (exact) mass is 502 g/mol. The maximum Gasteiger partial charge on any atom is 0.331 e. The minimum atomic E-state index is -1.03. The Labute approximate surface area is 216 Å². The average Bonchev–Trinajstić information content (AvgIpc) is 2.79. The van der Waals surface area contributed by atoms with Crippen molar-refractivity contribution in [1.82, 2.24) is 15.5 Å². The number of nitrogens with zero attached hydrogens (tertiary/aromatic N) is 1. The molecule has 2 amide bonds. The average molecular weight is 503 g/mol. The number of benzene rings is 1. The molecule has 0 fully saturated rings. The van der Waals surface area contributed by atoms with Crippen LogP contribution in [0, 0.1) is 11.3 Å². The first-order chi connectivity index (χ1) is 16.5. The topological polar surface area (TPSA) is 125 Å². The second-order valence-electron chi connectivity index (χ2n) is 11.5. The van der Waals surface area contributed by atoms with E-state index in [0.717, 1.165) is 11.1 Å². The zero-order chi connectivity index (χ0) is 28.0. The molecule has 3 atom stereocenters. The Balaban J connectivity index is 3.33. The third kappa shape index (κ3) is 7.64. The molecule has 0 aromatic heterocycles. The molecule has 0 spiro atoms. The molecule has 0 heterocycles. The first-order valence-corrected chi connectivity index (χ1v) is 12.4. The third-order valence-corrected chi connectivity index (χ3v) is 6.81. The van der Waals surface area contributed by atoms with E-state index in [2.05, 4.69) is 10.6 Å². The zero-order valence-electron chi connectivity index (χ0n) is 23.6. The summed E-state index contributed by atoms with van der Waals surface area (Å²) in [4.78, 5) is 40.3. The number of rotatable bonds is 11. The minimum absolute atomic E-state index is 0.0246. The van der Waals surface area contributed by atoms with E-state index in [4.69, 9.17) is 5.73 Å². The summed E-state index contributed by atoms with van der Waals surface area (Å²) < 4.78 is 0. The van der Waals surface area contributed by atoms with Gasteiger partial charge in [0.25, 0.3) is 0 Å². The third-order valence-electron chi connectivity index (χ3n) is 6.81. The highest BCUT2D eigenvalue weighted by molar-refractivity contribution is 5.91. The van der Waals surface area contributed by atoms with Crippen LogP contribution in [-0.4, -0.2) is 60.0 Å². The largest absolute Gasteiger partial charge is 0.478 e. The van der Waals surface area contributed by atoms with Crippen LogP contribution in [0.1, 0.15) is 66.5 Å². The number of nitrogens with two attached hydrogens (primary N) is 1. The van der Waals surface area contributed by atoms with Crippen LogP contribution in [-0.2, 0) is 26.3 Å². The van der Waals surface area contributed by atoms with Crippen molar-refractivity contribution in [2.75, 3.05) is 14.1 Å². The van der Waals surface area contributed by atoms with E-state index in [1.54, 1.807) is 20.2 Å². The first kappa shape index (κ1) is 31.3.